The van der Waals surface area contributed by atoms with Crippen LogP contribution in [0, 0.1) is 0 Å². The summed E-state index contributed by atoms with van der Waals surface area (Å²) in [6, 6.07) is 4.32. The molecule has 1 atom stereocenters. The van der Waals surface area contributed by atoms with Crippen molar-refractivity contribution in [3.63, 3.8) is 0 Å². The maximum Gasteiger partial charge on any atom is 0.337 e. The average molecular weight is 226 g/mol. The summed E-state index contributed by atoms with van der Waals surface area (Å²) in [5.74, 6) is -1.56. The van der Waals surface area contributed by atoms with Crippen LogP contribution in [0.2, 0.25) is 0 Å². The average Bonchev–Trinajstić information content (AvgIpc) is 2.16. The van der Waals surface area contributed by atoms with E-state index < -0.39 is 12.1 Å². The molecular formula is C11H14O5. The summed E-state index contributed by atoms with van der Waals surface area (Å²) in [6.07, 6.45) is -1.98. The summed E-state index contributed by atoms with van der Waals surface area (Å²) in [5.41, 5.74) is -0.122. The Kier molecular flexibility index (Phi) is 3.73. The van der Waals surface area contributed by atoms with Gasteiger partial charge in [0.25, 0.3) is 0 Å². The van der Waals surface area contributed by atoms with Crippen molar-refractivity contribution in [3.05, 3.63) is 23.8 Å². The number of carboxylic acid groups (broad SMARTS) is 1. The number of carbonyl (C=O) groups is 1. The van der Waals surface area contributed by atoms with Gasteiger partial charge in [0.15, 0.2) is 6.10 Å². The van der Waals surface area contributed by atoms with Crippen molar-refractivity contribution in [1.29, 1.82) is 0 Å². The molecular weight excluding hydrogens is 212 g/mol. The number of phenols is 1. The van der Waals surface area contributed by atoms with Gasteiger partial charge in [-0.3, -0.25) is 0 Å². The van der Waals surface area contributed by atoms with E-state index in [1.54, 1.807) is 13.8 Å². The molecule has 0 saturated carbocycles. The topological polar surface area (TPSA) is 87.0 Å². The molecule has 0 amide bonds. The normalized spacial score (nSPS) is 12.5. The Morgan fingerprint density at radius 1 is 1.38 bits per heavy atom. The third kappa shape index (κ3) is 2.64. The second-order valence-corrected chi connectivity index (χ2v) is 3.60. The van der Waals surface area contributed by atoms with E-state index in [1.807, 2.05) is 0 Å². The summed E-state index contributed by atoms with van der Waals surface area (Å²) in [4.78, 5) is 10.7. The predicted molar refractivity (Wildman–Crippen MR) is 56.5 cm³/mol. The molecule has 0 aromatic heterocycles. The highest BCUT2D eigenvalue weighted by atomic mass is 16.5. The van der Waals surface area contributed by atoms with Gasteiger partial charge in [-0.25, -0.2) is 4.79 Å². The van der Waals surface area contributed by atoms with Crippen LogP contribution in [-0.2, 0) is 4.79 Å². The van der Waals surface area contributed by atoms with Gasteiger partial charge in [0.05, 0.1) is 11.7 Å². The molecule has 1 unspecified atom stereocenters. The molecule has 5 nitrogen and oxygen atoms in total. The first-order valence-corrected chi connectivity index (χ1v) is 4.83. The van der Waals surface area contributed by atoms with E-state index in [2.05, 4.69) is 0 Å². The molecule has 0 saturated heterocycles. The van der Waals surface area contributed by atoms with Gasteiger partial charge in [-0.15, -0.1) is 0 Å². The number of hydrogen-bond donors (Lipinski definition) is 3. The predicted octanol–water partition coefficient (Wildman–Crippen LogP) is 1.30. The highest BCUT2D eigenvalue weighted by Gasteiger charge is 2.24. The number of rotatable bonds is 4. The summed E-state index contributed by atoms with van der Waals surface area (Å²) >= 11 is 0. The molecule has 0 fully saturated rings. The monoisotopic (exact) mass is 226 g/mol. The molecule has 0 spiro atoms. The third-order valence-electron chi connectivity index (χ3n) is 1.91. The third-order valence-corrected chi connectivity index (χ3v) is 1.91. The van der Waals surface area contributed by atoms with Crippen LogP contribution in [0.25, 0.3) is 0 Å². The van der Waals surface area contributed by atoms with E-state index in [-0.39, 0.29) is 23.2 Å². The summed E-state index contributed by atoms with van der Waals surface area (Å²) in [6.45, 7) is 3.53. The van der Waals surface area contributed by atoms with E-state index in [0.29, 0.717) is 0 Å². The summed E-state index contributed by atoms with van der Waals surface area (Å²) in [5, 5.41) is 27.7. The standard InChI is InChI=1S/C11H14O5/c1-6(2)16-8-5-3-4-7(12)9(8)10(13)11(14)15/h3-6,10,12-13H,1-2H3,(H,14,15). The molecule has 0 heterocycles. The van der Waals surface area contributed by atoms with Crippen LogP contribution in [0.15, 0.2) is 18.2 Å². The summed E-state index contributed by atoms with van der Waals surface area (Å²) < 4.78 is 5.31. The quantitative estimate of drug-likeness (QED) is 0.720. The Morgan fingerprint density at radius 2 is 2.00 bits per heavy atom. The fourth-order valence-corrected chi connectivity index (χ4v) is 1.29. The van der Waals surface area contributed by atoms with Gasteiger partial charge < -0.3 is 20.1 Å². The number of ether oxygens (including phenoxy) is 1. The van der Waals surface area contributed by atoms with Crippen LogP contribution in [0.1, 0.15) is 25.5 Å². The van der Waals surface area contributed by atoms with Gasteiger partial charge in [0.1, 0.15) is 11.5 Å². The lowest BCUT2D eigenvalue weighted by Crippen LogP contribution is -2.14. The van der Waals surface area contributed by atoms with Crippen molar-refractivity contribution < 1.29 is 24.9 Å². The largest absolute Gasteiger partial charge is 0.507 e. The number of aliphatic hydroxyl groups is 1. The highest BCUT2D eigenvalue weighted by Crippen LogP contribution is 2.33. The Labute approximate surface area is 92.9 Å². The molecule has 16 heavy (non-hydrogen) atoms. The lowest BCUT2D eigenvalue weighted by molar-refractivity contribution is -0.147. The molecule has 0 aliphatic heterocycles. The molecule has 3 N–H and O–H groups in total. The van der Waals surface area contributed by atoms with Gasteiger partial charge in [0, 0.05) is 0 Å². The number of carboxylic acids is 1. The van der Waals surface area contributed by atoms with Crippen LogP contribution in [-0.4, -0.2) is 27.4 Å². The number of aliphatic carboxylic acids is 1. The zero-order valence-electron chi connectivity index (χ0n) is 9.04. The smallest absolute Gasteiger partial charge is 0.337 e. The zero-order valence-corrected chi connectivity index (χ0v) is 9.04. The SMILES string of the molecule is CC(C)Oc1cccc(O)c1C(O)C(=O)O. The second-order valence-electron chi connectivity index (χ2n) is 3.60. The number of hydrogen-bond acceptors (Lipinski definition) is 4. The molecule has 1 rings (SSSR count). The minimum Gasteiger partial charge on any atom is -0.507 e. The van der Waals surface area contributed by atoms with Crippen LogP contribution in [0.3, 0.4) is 0 Å². The fourth-order valence-electron chi connectivity index (χ4n) is 1.29. The van der Waals surface area contributed by atoms with Crippen LogP contribution < -0.4 is 4.74 Å². The first-order chi connectivity index (χ1) is 7.43. The van der Waals surface area contributed by atoms with Crippen molar-refractivity contribution in [2.24, 2.45) is 0 Å². The van der Waals surface area contributed by atoms with E-state index in [0.717, 1.165) is 0 Å². The highest BCUT2D eigenvalue weighted by molar-refractivity contribution is 5.76. The molecule has 88 valence electrons. The molecule has 1 aromatic rings. The number of aromatic hydroxyl groups is 1. The maximum absolute atomic E-state index is 10.7. The number of phenolic OH excluding ortho intramolecular Hbond substituents is 1. The fraction of sp³-hybridized carbons (Fsp3) is 0.364. The van der Waals surface area contributed by atoms with E-state index in [1.165, 1.54) is 18.2 Å². The lowest BCUT2D eigenvalue weighted by atomic mass is 10.1. The number of aliphatic hydroxyl groups excluding tert-OH is 1. The Morgan fingerprint density at radius 3 is 2.50 bits per heavy atom. The summed E-state index contributed by atoms with van der Waals surface area (Å²) in [7, 11) is 0. The van der Waals surface area contributed by atoms with Crippen molar-refractivity contribution >= 4 is 5.97 Å². The van der Waals surface area contributed by atoms with Crippen LogP contribution in [0.4, 0.5) is 0 Å². The molecule has 0 aliphatic rings. The van der Waals surface area contributed by atoms with Crippen molar-refractivity contribution in [2.75, 3.05) is 0 Å². The second kappa shape index (κ2) is 4.85. The van der Waals surface area contributed by atoms with Crippen LogP contribution in [0.5, 0.6) is 11.5 Å². The minimum absolute atomic E-state index is 0.122. The van der Waals surface area contributed by atoms with E-state index in [9.17, 15) is 15.0 Å². The van der Waals surface area contributed by atoms with Gasteiger partial charge in [-0.1, -0.05) is 6.07 Å². The molecule has 0 aliphatic carbocycles. The first kappa shape index (κ1) is 12.3. The van der Waals surface area contributed by atoms with E-state index >= 15 is 0 Å². The lowest BCUT2D eigenvalue weighted by Gasteiger charge is -2.16. The Hall–Kier alpha value is -1.75. The molecule has 0 radical (unpaired) electrons. The van der Waals surface area contributed by atoms with Crippen molar-refractivity contribution in [3.8, 4) is 11.5 Å². The van der Waals surface area contributed by atoms with Crippen molar-refractivity contribution in [1.82, 2.24) is 0 Å². The molecule has 5 heteroatoms. The number of benzene rings is 1. The molecule has 0 bridgehead atoms. The maximum atomic E-state index is 10.7. The van der Waals surface area contributed by atoms with Gasteiger partial charge >= 0.3 is 5.97 Å². The van der Waals surface area contributed by atoms with Crippen LogP contribution >= 0.6 is 0 Å². The first-order valence-electron chi connectivity index (χ1n) is 4.83. The Balaban J connectivity index is 3.17. The van der Waals surface area contributed by atoms with Crippen molar-refractivity contribution in [2.45, 2.75) is 26.1 Å². The van der Waals surface area contributed by atoms with Gasteiger partial charge in [-0.05, 0) is 26.0 Å². The van der Waals surface area contributed by atoms with Gasteiger partial charge in [-0.2, -0.15) is 0 Å². The Bertz CT molecular complexity index is 386. The zero-order chi connectivity index (χ0) is 12.3. The van der Waals surface area contributed by atoms with E-state index in [4.69, 9.17) is 9.84 Å². The molecule has 1 aromatic carbocycles. The minimum atomic E-state index is -1.80. The van der Waals surface area contributed by atoms with Gasteiger partial charge in [0.2, 0.25) is 0 Å².